The van der Waals surface area contributed by atoms with E-state index in [9.17, 15) is 0 Å². The Hall–Kier alpha value is -0.0800. The summed E-state index contributed by atoms with van der Waals surface area (Å²) in [6.07, 6.45) is 11.3. The van der Waals surface area contributed by atoms with E-state index >= 15 is 0 Å². The molecule has 0 aromatic heterocycles. The number of nitrogens with one attached hydrogen (secondary N) is 2. The van der Waals surface area contributed by atoms with Gasteiger partial charge in [-0.1, -0.05) is 19.8 Å². The third-order valence-electron chi connectivity index (χ3n) is 4.64. The van der Waals surface area contributed by atoms with E-state index in [1.54, 1.807) is 0 Å². The first kappa shape index (κ1) is 13.4. The maximum absolute atomic E-state index is 3.80. The molecule has 17 heavy (non-hydrogen) atoms. The monoisotopic (exact) mass is 238 g/mol. The fraction of sp³-hybridized carbons (Fsp3) is 1.00. The summed E-state index contributed by atoms with van der Waals surface area (Å²) in [5.74, 6) is 1.89. The van der Waals surface area contributed by atoms with Gasteiger partial charge in [-0.2, -0.15) is 0 Å². The summed E-state index contributed by atoms with van der Waals surface area (Å²) in [6, 6.07) is 0.816. The summed E-state index contributed by atoms with van der Waals surface area (Å²) >= 11 is 0. The van der Waals surface area contributed by atoms with Crippen LogP contribution in [-0.2, 0) is 0 Å². The lowest BCUT2D eigenvalue weighted by atomic mass is 9.96. The van der Waals surface area contributed by atoms with E-state index in [0.717, 1.165) is 17.9 Å². The van der Waals surface area contributed by atoms with Gasteiger partial charge >= 0.3 is 0 Å². The minimum Gasteiger partial charge on any atom is -0.316 e. The second-order valence-corrected chi connectivity index (χ2v) is 6.27. The van der Waals surface area contributed by atoms with Crippen LogP contribution in [0, 0.1) is 11.8 Å². The van der Waals surface area contributed by atoms with Crippen LogP contribution in [0.25, 0.3) is 0 Å². The largest absolute Gasteiger partial charge is 0.316 e. The van der Waals surface area contributed by atoms with Gasteiger partial charge in [0.15, 0.2) is 0 Å². The van der Waals surface area contributed by atoms with Crippen LogP contribution in [0.4, 0.5) is 0 Å². The Morgan fingerprint density at radius 2 is 2.00 bits per heavy atom. The zero-order valence-corrected chi connectivity index (χ0v) is 11.5. The number of hydrogen-bond donors (Lipinski definition) is 2. The second-order valence-electron chi connectivity index (χ2n) is 6.27. The predicted octanol–water partition coefficient (Wildman–Crippen LogP) is 2.93. The molecule has 0 bridgehead atoms. The van der Waals surface area contributed by atoms with E-state index in [-0.39, 0.29) is 0 Å². The zero-order valence-electron chi connectivity index (χ0n) is 11.5. The van der Waals surface area contributed by atoms with Gasteiger partial charge in [0.05, 0.1) is 0 Å². The van der Waals surface area contributed by atoms with Gasteiger partial charge in [0.1, 0.15) is 0 Å². The smallest absolute Gasteiger partial charge is 0.00671 e. The molecule has 2 N–H and O–H groups in total. The van der Waals surface area contributed by atoms with Crippen molar-refractivity contribution in [2.45, 2.75) is 64.3 Å². The molecule has 0 aromatic carbocycles. The van der Waals surface area contributed by atoms with Crippen molar-refractivity contribution in [3.8, 4) is 0 Å². The molecular weight excluding hydrogens is 208 g/mol. The molecule has 2 heteroatoms. The molecule has 1 aliphatic carbocycles. The van der Waals surface area contributed by atoms with E-state index < -0.39 is 0 Å². The minimum absolute atomic E-state index is 0.816. The molecule has 2 fully saturated rings. The zero-order chi connectivity index (χ0) is 11.9. The van der Waals surface area contributed by atoms with Gasteiger partial charge in [0.25, 0.3) is 0 Å². The van der Waals surface area contributed by atoms with Gasteiger partial charge in [-0.25, -0.2) is 0 Å². The maximum Gasteiger partial charge on any atom is 0.00671 e. The molecule has 1 aliphatic heterocycles. The first-order valence-electron chi connectivity index (χ1n) is 7.78. The molecule has 3 unspecified atom stereocenters. The highest BCUT2D eigenvalue weighted by atomic mass is 14.9. The van der Waals surface area contributed by atoms with Crippen molar-refractivity contribution >= 4 is 0 Å². The van der Waals surface area contributed by atoms with Crippen molar-refractivity contribution in [3.63, 3.8) is 0 Å². The summed E-state index contributed by atoms with van der Waals surface area (Å²) in [7, 11) is 0. The van der Waals surface area contributed by atoms with Crippen LogP contribution in [0.1, 0.15) is 58.3 Å². The molecule has 1 saturated heterocycles. The van der Waals surface area contributed by atoms with Crippen molar-refractivity contribution in [1.29, 1.82) is 0 Å². The molecule has 0 amide bonds. The Bertz CT molecular complexity index is 199. The Kier molecular flexibility index (Phi) is 5.79. The average molecular weight is 238 g/mol. The van der Waals surface area contributed by atoms with E-state index in [1.807, 2.05) is 0 Å². The van der Waals surface area contributed by atoms with Gasteiger partial charge in [-0.15, -0.1) is 0 Å². The van der Waals surface area contributed by atoms with Crippen LogP contribution in [0.15, 0.2) is 0 Å². The van der Waals surface area contributed by atoms with Crippen molar-refractivity contribution in [2.75, 3.05) is 19.6 Å². The van der Waals surface area contributed by atoms with Gasteiger partial charge in [-0.3, -0.25) is 0 Å². The molecule has 3 atom stereocenters. The average Bonchev–Trinajstić information content (AvgIpc) is 2.56. The van der Waals surface area contributed by atoms with E-state index in [0.29, 0.717) is 0 Å². The Morgan fingerprint density at radius 3 is 2.82 bits per heavy atom. The summed E-state index contributed by atoms with van der Waals surface area (Å²) in [5.41, 5.74) is 0. The van der Waals surface area contributed by atoms with Gasteiger partial charge in [0, 0.05) is 6.04 Å². The van der Waals surface area contributed by atoms with Crippen LogP contribution in [0.5, 0.6) is 0 Å². The van der Waals surface area contributed by atoms with Gasteiger partial charge < -0.3 is 10.6 Å². The van der Waals surface area contributed by atoms with Crippen molar-refractivity contribution in [3.05, 3.63) is 0 Å². The molecule has 0 radical (unpaired) electrons. The fourth-order valence-corrected chi connectivity index (χ4v) is 3.35. The fourth-order valence-electron chi connectivity index (χ4n) is 3.35. The van der Waals surface area contributed by atoms with Crippen molar-refractivity contribution < 1.29 is 0 Å². The standard InChI is InChI=1S/C15H30N2/c1-13-4-2-6-15(8-7-13)17-11-9-14-5-3-10-16-12-14/h13-17H,2-12H2,1H3. The Morgan fingerprint density at radius 1 is 1.06 bits per heavy atom. The molecule has 2 aliphatic rings. The van der Waals surface area contributed by atoms with E-state index in [4.69, 9.17) is 0 Å². The highest BCUT2D eigenvalue weighted by Crippen LogP contribution is 2.22. The molecule has 100 valence electrons. The van der Waals surface area contributed by atoms with E-state index in [2.05, 4.69) is 17.6 Å². The number of rotatable bonds is 4. The third-order valence-corrected chi connectivity index (χ3v) is 4.64. The summed E-state index contributed by atoms with van der Waals surface area (Å²) < 4.78 is 0. The SMILES string of the molecule is CC1CCCC(NCCC2CCCNC2)CC1. The molecular formula is C15H30N2. The lowest BCUT2D eigenvalue weighted by Crippen LogP contribution is -2.34. The van der Waals surface area contributed by atoms with Crippen molar-refractivity contribution in [1.82, 2.24) is 10.6 Å². The molecule has 0 aromatic rings. The lowest BCUT2D eigenvalue weighted by Gasteiger charge is -2.24. The van der Waals surface area contributed by atoms with Crippen LogP contribution in [0.3, 0.4) is 0 Å². The molecule has 2 rings (SSSR count). The van der Waals surface area contributed by atoms with E-state index in [1.165, 1.54) is 71.0 Å². The van der Waals surface area contributed by atoms with Crippen LogP contribution in [-0.4, -0.2) is 25.7 Å². The van der Waals surface area contributed by atoms with Crippen LogP contribution < -0.4 is 10.6 Å². The number of piperidine rings is 1. The maximum atomic E-state index is 3.80. The van der Waals surface area contributed by atoms with Crippen molar-refractivity contribution in [2.24, 2.45) is 11.8 Å². The first-order chi connectivity index (χ1) is 8.34. The third kappa shape index (κ3) is 4.97. The quantitative estimate of drug-likeness (QED) is 0.736. The lowest BCUT2D eigenvalue weighted by molar-refractivity contribution is 0.338. The Labute approximate surface area is 107 Å². The highest BCUT2D eigenvalue weighted by molar-refractivity contribution is 4.75. The Balaban J connectivity index is 1.57. The summed E-state index contributed by atoms with van der Waals surface area (Å²) in [4.78, 5) is 0. The first-order valence-corrected chi connectivity index (χ1v) is 7.78. The van der Waals surface area contributed by atoms with Crippen LogP contribution in [0.2, 0.25) is 0 Å². The number of hydrogen-bond acceptors (Lipinski definition) is 2. The topological polar surface area (TPSA) is 24.1 Å². The van der Waals surface area contributed by atoms with Gasteiger partial charge in [0.2, 0.25) is 0 Å². The minimum atomic E-state index is 0.816. The molecule has 2 nitrogen and oxygen atoms in total. The second kappa shape index (κ2) is 7.38. The normalized spacial score (nSPS) is 35.5. The molecule has 0 spiro atoms. The highest BCUT2D eigenvalue weighted by Gasteiger charge is 2.17. The molecule has 1 saturated carbocycles. The van der Waals surface area contributed by atoms with Crippen LogP contribution >= 0.6 is 0 Å². The van der Waals surface area contributed by atoms with Gasteiger partial charge in [-0.05, 0) is 70.0 Å². The predicted molar refractivity (Wildman–Crippen MR) is 74.3 cm³/mol. The summed E-state index contributed by atoms with van der Waals surface area (Å²) in [5, 5.41) is 7.31. The summed E-state index contributed by atoms with van der Waals surface area (Å²) in [6.45, 7) is 6.15. The molecule has 1 heterocycles.